The SMILES string of the molecule is COc1cccc(CC(Cc2[nH]c3ccc(C4C=CCC4)cc3c2-c2ccc(C(C)(C)C)cc2)OC=O)c1. The fourth-order valence-electron chi connectivity index (χ4n) is 5.56. The van der Waals surface area contributed by atoms with Crippen molar-refractivity contribution in [1.29, 1.82) is 0 Å². The van der Waals surface area contributed by atoms with E-state index in [0.717, 1.165) is 35.4 Å². The maximum absolute atomic E-state index is 11.5. The summed E-state index contributed by atoms with van der Waals surface area (Å²) in [5.74, 6) is 1.26. The van der Waals surface area contributed by atoms with Gasteiger partial charge in [0.05, 0.1) is 7.11 Å². The van der Waals surface area contributed by atoms with E-state index >= 15 is 0 Å². The number of H-pyrrole nitrogens is 1. The van der Waals surface area contributed by atoms with E-state index < -0.39 is 0 Å². The fraction of sp³-hybridized carbons (Fsp3) is 0.324. The molecule has 196 valence electrons. The third-order valence-electron chi connectivity index (χ3n) is 7.66. The van der Waals surface area contributed by atoms with E-state index in [4.69, 9.17) is 9.47 Å². The zero-order chi connectivity index (χ0) is 26.7. The number of allylic oxidation sites excluding steroid dienone is 2. The van der Waals surface area contributed by atoms with Gasteiger partial charge in [0.25, 0.3) is 6.47 Å². The van der Waals surface area contributed by atoms with Gasteiger partial charge in [-0.1, -0.05) is 75.4 Å². The van der Waals surface area contributed by atoms with Gasteiger partial charge < -0.3 is 14.5 Å². The molecule has 0 aliphatic heterocycles. The molecule has 0 spiro atoms. The highest BCUT2D eigenvalue weighted by Crippen LogP contribution is 2.38. The van der Waals surface area contributed by atoms with Crippen molar-refractivity contribution in [2.75, 3.05) is 7.11 Å². The smallest absolute Gasteiger partial charge is 0.293 e. The number of aromatic nitrogens is 1. The monoisotopic (exact) mass is 507 g/mol. The van der Waals surface area contributed by atoms with E-state index in [2.05, 4.69) is 80.4 Å². The number of nitrogens with one attached hydrogen (secondary N) is 1. The molecule has 0 saturated heterocycles. The molecular weight excluding hydrogens is 470 g/mol. The lowest BCUT2D eigenvalue weighted by molar-refractivity contribution is -0.133. The first-order valence-electron chi connectivity index (χ1n) is 13.5. The second-order valence-corrected chi connectivity index (χ2v) is 11.3. The first-order valence-corrected chi connectivity index (χ1v) is 13.5. The number of fused-ring (bicyclic) bond motifs is 1. The minimum Gasteiger partial charge on any atom is -0.497 e. The second-order valence-electron chi connectivity index (χ2n) is 11.3. The highest BCUT2D eigenvalue weighted by Gasteiger charge is 2.22. The van der Waals surface area contributed by atoms with Crippen LogP contribution in [0.4, 0.5) is 0 Å². The number of methoxy groups -OCH3 is 1. The van der Waals surface area contributed by atoms with E-state index in [-0.39, 0.29) is 11.5 Å². The molecule has 0 fully saturated rings. The zero-order valence-electron chi connectivity index (χ0n) is 22.8. The van der Waals surface area contributed by atoms with Crippen LogP contribution in [-0.2, 0) is 27.8 Å². The van der Waals surface area contributed by atoms with Crippen LogP contribution < -0.4 is 4.74 Å². The van der Waals surface area contributed by atoms with Crippen LogP contribution in [0.3, 0.4) is 0 Å². The van der Waals surface area contributed by atoms with Gasteiger partial charge in [-0.25, -0.2) is 0 Å². The summed E-state index contributed by atoms with van der Waals surface area (Å²) in [7, 11) is 1.66. The molecule has 0 saturated carbocycles. The van der Waals surface area contributed by atoms with Crippen LogP contribution >= 0.6 is 0 Å². The van der Waals surface area contributed by atoms with Crippen molar-refractivity contribution in [2.45, 2.75) is 63.9 Å². The van der Waals surface area contributed by atoms with Crippen molar-refractivity contribution >= 4 is 17.4 Å². The normalized spacial score (nSPS) is 16.1. The molecule has 4 aromatic rings. The lowest BCUT2D eigenvalue weighted by atomic mass is 9.85. The van der Waals surface area contributed by atoms with Gasteiger partial charge in [0.2, 0.25) is 0 Å². The van der Waals surface area contributed by atoms with Gasteiger partial charge >= 0.3 is 0 Å². The van der Waals surface area contributed by atoms with Gasteiger partial charge in [-0.3, -0.25) is 4.79 Å². The highest BCUT2D eigenvalue weighted by molar-refractivity contribution is 5.98. The molecule has 0 amide bonds. The molecule has 4 heteroatoms. The highest BCUT2D eigenvalue weighted by atomic mass is 16.5. The van der Waals surface area contributed by atoms with Crippen molar-refractivity contribution < 1.29 is 14.3 Å². The third kappa shape index (κ3) is 5.55. The predicted octanol–water partition coefficient (Wildman–Crippen LogP) is 7.90. The molecule has 3 aromatic carbocycles. The number of ether oxygens (including phenoxy) is 2. The third-order valence-corrected chi connectivity index (χ3v) is 7.66. The largest absolute Gasteiger partial charge is 0.497 e. The first-order chi connectivity index (χ1) is 18.4. The molecule has 1 aliphatic rings. The molecule has 0 radical (unpaired) electrons. The first kappa shape index (κ1) is 25.8. The number of rotatable bonds is 9. The Bertz CT molecular complexity index is 1440. The second kappa shape index (κ2) is 10.9. The molecule has 1 aliphatic carbocycles. The van der Waals surface area contributed by atoms with Gasteiger partial charge in [0, 0.05) is 40.9 Å². The Morgan fingerprint density at radius 1 is 1.03 bits per heavy atom. The van der Waals surface area contributed by atoms with E-state index in [0.29, 0.717) is 25.2 Å². The maximum Gasteiger partial charge on any atom is 0.293 e. The van der Waals surface area contributed by atoms with Gasteiger partial charge in [-0.2, -0.15) is 0 Å². The lowest BCUT2D eigenvalue weighted by Gasteiger charge is -2.20. The Kier molecular flexibility index (Phi) is 7.42. The fourth-order valence-corrected chi connectivity index (χ4v) is 5.56. The summed E-state index contributed by atoms with van der Waals surface area (Å²) in [6.45, 7) is 7.28. The molecule has 0 bridgehead atoms. The Morgan fingerprint density at radius 3 is 2.53 bits per heavy atom. The van der Waals surface area contributed by atoms with Crippen molar-refractivity contribution in [2.24, 2.45) is 0 Å². The van der Waals surface area contributed by atoms with E-state index in [9.17, 15) is 4.79 Å². The van der Waals surface area contributed by atoms with Crippen LogP contribution in [0.15, 0.2) is 78.9 Å². The summed E-state index contributed by atoms with van der Waals surface area (Å²) in [6.07, 6.45) is 7.78. The Balaban J connectivity index is 1.56. The standard InChI is InChI=1S/C34H37NO3/c1-34(2,3)27-15-12-25(13-16-27)33-30-20-26(24-9-5-6-10-24)14-17-31(30)35-32(33)21-29(38-22-36)19-23-8-7-11-28(18-23)37-4/h5,7-9,11-18,20,22,24,29,35H,6,10,19,21H2,1-4H3. The summed E-state index contributed by atoms with van der Waals surface area (Å²) in [4.78, 5) is 15.2. The topological polar surface area (TPSA) is 51.3 Å². The van der Waals surface area contributed by atoms with Gasteiger partial charge in [-0.05, 0) is 64.8 Å². The average Bonchev–Trinajstić information content (AvgIpc) is 3.56. The van der Waals surface area contributed by atoms with Gasteiger partial charge in [0.15, 0.2) is 0 Å². The predicted molar refractivity (Wildman–Crippen MR) is 155 cm³/mol. The van der Waals surface area contributed by atoms with Crippen LogP contribution in [0, 0.1) is 0 Å². The van der Waals surface area contributed by atoms with Crippen LogP contribution in [0.25, 0.3) is 22.0 Å². The molecule has 5 rings (SSSR count). The van der Waals surface area contributed by atoms with Crippen LogP contribution in [0.5, 0.6) is 5.75 Å². The van der Waals surface area contributed by atoms with Crippen molar-refractivity contribution in [3.63, 3.8) is 0 Å². The maximum atomic E-state index is 11.5. The summed E-state index contributed by atoms with van der Waals surface area (Å²) in [6, 6.07) is 23.6. The number of hydrogen-bond acceptors (Lipinski definition) is 3. The number of carbonyl (C=O) groups is 1. The Hall–Kier alpha value is -3.79. The Labute approximate surface area is 225 Å². The van der Waals surface area contributed by atoms with E-state index in [1.165, 1.54) is 27.6 Å². The summed E-state index contributed by atoms with van der Waals surface area (Å²) in [5, 5.41) is 1.22. The molecule has 2 atom stereocenters. The summed E-state index contributed by atoms with van der Waals surface area (Å²) < 4.78 is 11.0. The van der Waals surface area contributed by atoms with Gasteiger partial charge in [0.1, 0.15) is 11.9 Å². The number of carbonyl (C=O) groups excluding carboxylic acids is 1. The zero-order valence-corrected chi connectivity index (χ0v) is 22.8. The van der Waals surface area contributed by atoms with E-state index in [1.807, 2.05) is 24.3 Å². The molecule has 1 aromatic heterocycles. The van der Waals surface area contributed by atoms with Crippen LogP contribution in [-0.4, -0.2) is 24.7 Å². The number of benzene rings is 3. The molecule has 38 heavy (non-hydrogen) atoms. The summed E-state index contributed by atoms with van der Waals surface area (Å²) >= 11 is 0. The van der Waals surface area contributed by atoms with Crippen molar-refractivity contribution in [3.05, 3.63) is 101 Å². The lowest BCUT2D eigenvalue weighted by Crippen LogP contribution is -2.19. The minimum atomic E-state index is -0.308. The molecule has 1 N–H and O–H groups in total. The van der Waals surface area contributed by atoms with Crippen LogP contribution in [0.1, 0.15) is 61.9 Å². The molecule has 4 nitrogen and oxygen atoms in total. The minimum absolute atomic E-state index is 0.0865. The molecule has 1 heterocycles. The quantitative estimate of drug-likeness (QED) is 0.185. The van der Waals surface area contributed by atoms with Crippen molar-refractivity contribution in [3.8, 4) is 16.9 Å². The van der Waals surface area contributed by atoms with Gasteiger partial charge in [-0.15, -0.1) is 0 Å². The van der Waals surface area contributed by atoms with Crippen LogP contribution in [0.2, 0.25) is 0 Å². The average molecular weight is 508 g/mol. The van der Waals surface area contributed by atoms with E-state index in [1.54, 1.807) is 7.11 Å². The molecule has 2 unspecified atom stereocenters. The molecular formula is C34H37NO3. The number of hydrogen-bond donors (Lipinski definition) is 1. The Morgan fingerprint density at radius 2 is 1.84 bits per heavy atom. The number of aromatic amines is 1. The van der Waals surface area contributed by atoms with Crippen molar-refractivity contribution in [1.82, 2.24) is 4.98 Å². The summed E-state index contributed by atoms with van der Waals surface area (Å²) in [5.41, 5.74) is 8.35.